The van der Waals surface area contributed by atoms with Crippen molar-refractivity contribution >= 4 is 111 Å². The Hall–Kier alpha value is -11.8. The fraction of sp³-hybridized carbons (Fsp3) is 0.0116. The zero-order valence-corrected chi connectivity index (χ0v) is 54.1. The van der Waals surface area contributed by atoms with Crippen LogP contribution in [0.3, 0.4) is 0 Å². The molecule has 1 fully saturated rings. The van der Waals surface area contributed by atoms with E-state index < -0.39 is 8.07 Å². The fourth-order valence-corrected chi connectivity index (χ4v) is 20.8. The van der Waals surface area contributed by atoms with Gasteiger partial charge in [-0.3, -0.25) is 8.97 Å². The molecule has 3 heterocycles. The number of rotatable bonds is 11. The van der Waals surface area contributed by atoms with E-state index >= 15 is 0 Å². The van der Waals surface area contributed by atoms with Gasteiger partial charge >= 0.3 is 20.9 Å². The van der Waals surface area contributed by atoms with Crippen LogP contribution >= 0.6 is 0 Å². The third-order valence-electron chi connectivity index (χ3n) is 20.2. The van der Waals surface area contributed by atoms with Crippen LogP contribution in [0.25, 0.3) is 78.0 Å². The number of para-hydroxylation sites is 5. The van der Waals surface area contributed by atoms with Crippen LogP contribution in [0.1, 0.15) is 5.56 Å². The minimum atomic E-state index is -3.26. The summed E-state index contributed by atoms with van der Waals surface area (Å²) >= 11 is 0. The molecule has 18 rings (SSSR count). The summed E-state index contributed by atoms with van der Waals surface area (Å²) in [7, 11) is -3.26. The third-order valence-corrected chi connectivity index (χ3v) is 24.9. The Balaban J connectivity index is 0.858. The Kier molecular flexibility index (Phi) is 14.0. The van der Waals surface area contributed by atoms with Crippen LogP contribution in [-0.4, -0.2) is 43.0 Å². The summed E-state index contributed by atoms with van der Waals surface area (Å²) in [4.78, 5) is 5.42. The lowest BCUT2D eigenvalue weighted by Crippen LogP contribution is -2.86. The molecule has 96 heavy (non-hydrogen) atoms. The number of aromatic nitrogens is 3. The largest absolute Gasteiger partial charge is 0.416 e. The highest BCUT2D eigenvalue weighted by Crippen LogP contribution is 2.49. The van der Waals surface area contributed by atoms with Crippen LogP contribution in [-0.2, 0) is 0 Å². The third kappa shape index (κ3) is 9.15. The van der Waals surface area contributed by atoms with Crippen molar-refractivity contribution in [1.82, 2.24) is 14.0 Å². The standard InChI is InChI=1S/C86H63B3N6Si/c1-62-30-29-51-84-85(62)90-86-91(82-49-27-28-50-83(82)92(84)86)69-54-58-78-74-45-23-24-46-75(74)79-59-57-73(61-81(79)77-48-26-25-47-76(77)80(78)60-69)96(70-41-19-7-20-42-70,71-43-21-8-22-44-71)72-55-52-68(53-56-72)95-88(64-33-11-3-12-34-64)93(66-37-15-5-16-38-66)87(63-31-9-2-10-32-63)94(67-39-17-6-18-40-67)89(95)65-35-13-4-14-36-65/h2-61H,1H3. The molecule has 1 saturated heterocycles. The molecular weight excluding hydrogens is 1180 g/mol. The van der Waals surface area contributed by atoms with Gasteiger partial charge in [0, 0.05) is 22.7 Å². The van der Waals surface area contributed by atoms with Gasteiger partial charge in [-0.05, 0) is 161 Å². The van der Waals surface area contributed by atoms with Crippen LogP contribution in [0.5, 0.6) is 0 Å². The number of aryl methyl sites for hydroxylation is 1. The number of nitrogens with zero attached hydrogens (tertiary/aromatic N) is 6. The highest BCUT2D eigenvalue weighted by atomic mass is 28.3. The molecule has 0 unspecified atom stereocenters. The molecule has 1 aliphatic heterocycles. The summed E-state index contributed by atoms with van der Waals surface area (Å²) in [6.45, 7) is 1.36. The van der Waals surface area contributed by atoms with Gasteiger partial charge < -0.3 is 14.2 Å². The van der Waals surface area contributed by atoms with Gasteiger partial charge in [-0.1, -0.05) is 297 Å². The average molecular weight is 1240 g/mol. The number of imidazole rings is 2. The van der Waals surface area contributed by atoms with Crippen molar-refractivity contribution in [2.45, 2.75) is 6.92 Å². The minimum Gasteiger partial charge on any atom is -0.416 e. The molecule has 14 aromatic carbocycles. The number of anilines is 3. The van der Waals surface area contributed by atoms with E-state index in [0.717, 1.165) is 56.2 Å². The van der Waals surface area contributed by atoms with Gasteiger partial charge in [0.25, 0.3) is 0 Å². The molecule has 0 bridgehead atoms. The zero-order chi connectivity index (χ0) is 63.7. The summed E-state index contributed by atoms with van der Waals surface area (Å²) in [5.41, 5.74) is 23.1. The minimum absolute atomic E-state index is 0.235. The van der Waals surface area contributed by atoms with Gasteiger partial charge in [0.1, 0.15) is 0 Å². The monoisotopic (exact) mass is 1240 g/mol. The first-order valence-electron chi connectivity index (χ1n) is 33.3. The van der Waals surface area contributed by atoms with Crippen molar-refractivity contribution in [2.75, 3.05) is 14.2 Å². The maximum absolute atomic E-state index is 5.42. The van der Waals surface area contributed by atoms with Crippen LogP contribution in [0.4, 0.5) is 17.1 Å². The Morgan fingerprint density at radius 1 is 0.260 bits per heavy atom. The zero-order valence-electron chi connectivity index (χ0n) is 53.1. The number of fused-ring (bicyclic) bond motifs is 13. The first-order valence-corrected chi connectivity index (χ1v) is 35.3. The molecule has 1 aliphatic carbocycles. The van der Waals surface area contributed by atoms with Gasteiger partial charge in [0.05, 0.1) is 22.1 Å². The lowest BCUT2D eigenvalue weighted by atomic mass is 9.37. The van der Waals surface area contributed by atoms with Crippen LogP contribution in [0, 0.1) is 6.92 Å². The van der Waals surface area contributed by atoms with Crippen molar-refractivity contribution in [3.05, 3.63) is 370 Å². The van der Waals surface area contributed by atoms with E-state index in [-0.39, 0.29) is 20.9 Å². The molecule has 0 saturated carbocycles. The molecule has 0 atom stereocenters. The van der Waals surface area contributed by atoms with Crippen molar-refractivity contribution in [2.24, 2.45) is 0 Å². The Labute approximate surface area is 562 Å². The summed E-state index contributed by atoms with van der Waals surface area (Å²) in [5.74, 6) is 0.897. The number of hydrogen-bond acceptors (Lipinski definition) is 4. The molecule has 0 amide bonds. The van der Waals surface area contributed by atoms with Crippen molar-refractivity contribution in [1.29, 1.82) is 0 Å². The normalized spacial score (nSPS) is 12.9. The Bertz CT molecular complexity index is 5400. The predicted molar refractivity (Wildman–Crippen MR) is 409 cm³/mol. The van der Waals surface area contributed by atoms with E-state index in [4.69, 9.17) is 4.98 Å². The van der Waals surface area contributed by atoms with E-state index in [1.165, 1.54) is 81.6 Å². The van der Waals surface area contributed by atoms with E-state index in [9.17, 15) is 0 Å². The molecule has 0 radical (unpaired) electrons. The van der Waals surface area contributed by atoms with Crippen molar-refractivity contribution < 1.29 is 0 Å². The van der Waals surface area contributed by atoms with Gasteiger partial charge in [0.2, 0.25) is 5.78 Å². The van der Waals surface area contributed by atoms with Gasteiger partial charge in [-0.2, -0.15) is 0 Å². The van der Waals surface area contributed by atoms with Crippen LogP contribution in [0.2, 0.25) is 0 Å². The second kappa shape index (κ2) is 23.6. The molecule has 2 aromatic heterocycles. The topological polar surface area (TPSA) is 32.0 Å². The number of benzene rings is 14. The van der Waals surface area contributed by atoms with Gasteiger partial charge in [0.15, 0.2) is 8.07 Å². The molecule has 6 nitrogen and oxygen atoms in total. The van der Waals surface area contributed by atoms with Crippen molar-refractivity contribution in [3.8, 4) is 50.2 Å². The molecule has 10 heteroatoms. The molecule has 16 aromatic rings. The van der Waals surface area contributed by atoms with E-state index in [1.807, 2.05) is 0 Å². The smallest absolute Gasteiger partial charge is 0.388 e. The molecular formula is C86H63B3N6Si. The summed E-state index contributed by atoms with van der Waals surface area (Å²) in [5, 5.41) is 5.21. The second-order valence-electron chi connectivity index (χ2n) is 25.4. The first-order chi connectivity index (χ1) is 47.6. The predicted octanol–water partition coefficient (Wildman–Crippen LogP) is 15.1. The van der Waals surface area contributed by atoms with E-state index in [2.05, 4.69) is 394 Å². The second-order valence-corrected chi connectivity index (χ2v) is 29.2. The summed E-state index contributed by atoms with van der Waals surface area (Å²) in [6.07, 6.45) is 0. The Morgan fingerprint density at radius 3 is 1.09 bits per heavy atom. The lowest BCUT2D eigenvalue weighted by molar-refractivity contribution is 1.11. The first kappa shape index (κ1) is 56.9. The van der Waals surface area contributed by atoms with Crippen LogP contribution < -0.4 is 51.3 Å². The molecule has 0 N–H and O–H groups in total. The Morgan fingerprint density at radius 2 is 0.604 bits per heavy atom. The van der Waals surface area contributed by atoms with E-state index in [0.29, 0.717) is 0 Å². The maximum Gasteiger partial charge on any atom is 0.388 e. The van der Waals surface area contributed by atoms with E-state index in [1.54, 1.807) is 0 Å². The quantitative estimate of drug-likeness (QED) is 0.0954. The SMILES string of the molecule is Cc1cccc2c1nc1n(-c3ccc4c(c3)-c3ccccc3-c3cc([Si](c5ccccc5)(c5ccccc5)c5ccc(N6B(c7ccccc7)N(c7ccccc7)B(c7ccccc7)N(c7ccccc7)B6c6ccccc6)cc5)ccc3-c3ccccc3-4)c3ccccc3n21. The lowest BCUT2D eigenvalue weighted by Gasteiger charge is -2.57. The summed E-state index contributed by atoms with van der Waals surface area (Å²) < 4.78 is 12.7. The maximum atomic E-state index is 5.42. The highest BCUT2D eigenvalue weighted by molar-refractivity contribution is 7.20. The fourth-order valence-electron chi connectivity index (χ4n) is 16.0. The number of hydrogen-bond donors (Lipinski definition) is 0. The average Bonchev–Trinajstić information content (AvgIpc) is 1.67. The van der Waals surface area contributed by atoms with Gasteiger partial charge in [-0.25, -0.2) is 4.98 Å². The van der Waals surface area contributed by atoms with Crippen LogP contribution in [0.15, 0.2) is 364 Å². The molecule has 0 spiro atoms. The van der Waals surface area contributed by atoms with Gasteiger partial charge in [-0.15, -0.1) is 0 Å². The molecule has 2 aliphatic rings. The summed E-state index contributed by atoms with van der Waals surface area (Å²) in [6, 6.07) is 136. The highest BCUT2D eigenvalue weighted by Gasteiger charge is 2.56. The molecule has 450 valence electrons. The van der Waals surface area contributed by atoms with Crippen molar-refractivity contribution in [3.63, 3.8) is 0 Å².